The minimum absolute atomic E-state index is 0.327. The first-order valence-corrected chi connectivity index (χ1v) is 11.1. The van der Waals surface area contributed by atoms with Gasteiger partial charge in [0.15, 0.2) is 5.11 Å². The molecule has 4 aromatic rings. The van der Waals surface area contributed by atoms with Gasteiger partial charge in [0, 0.05) is 16.9 Å². The molecule has 3 aromatic carbocycles. The first kappa shape index (κ1) is 21.8. The average Bonchev–Trinajstić information content (AvgIpc) is 3.34. The molecule has 0 radical (unpaired) electrons. The summed E-state index contributed by atoms with van der Waals surface area (Å²) in [6, 6.07) is 23.1. The van der Waals surface area contributed by atoms with Crippen LogP contribution in [0, 0.1) is 5.82 Å². The summed E-state index contributed by atoms with van der Waals surface area (Å²) < 4.78 is 25.1. The Hall–Kier alpha value is -4.04. The highest BCUT2D eigenvalue weighted by Crippen LogP contribution is 2.39. The van der Waals surface area contributed by atoms with Gasteiger partial charge < -0.3 is 14.6 Å². The summed E-state index contributed by atoms with van der Waals surface area (Å²) in [5.41, 5.74) is 3.91. The van der Waals surface area contributed by atoms with E-state index in [-0.39, 0.29) is 5.82 Å². The lowest BCUT2D eigenvalue weighted by Gasteiger charge is -2.37. The van der Waals surface area contributed by atoms with Gasteiger partial charge in [0.1, 0.15) is 11.6 Å². The van der Waals surface area contributed by atoms with Crippen LogP contribution in [-0.4, -0.2) is 22.4 Å². The molecule has 1 aliphatic heterocycles. The van der Waals surface area contributed by atoms with Crippen LogP contribution in [0.5, 0.6) is 5.75 Å². The fourth-order valence-electron chi connectivity index (χ4n) is 4.03. The van der Waals surface area contributed by atoms with Crippen molar-refractivity contribution >= 4 is 28.6 Å². The van der Waals surface area contributed by atoms with Crippen LogP contribution in [0.1, 0.15) is 24.4 Å². The number of rotatable bonds is 5. The molecule has 1 unspecified atom stereocenters. The first-order chi connectivity index (χ1) is 16.5. The van der Waals surface area contributed by atoms with Crippen LogP contribution in [0.15, 0.2) is 89.1 Å². The maximum atomic E-state index is 14.1. The number of nitrogens with zero attached hydrogens (tertiary/aromatic N) is 3. The molecule has 2 heterocycles. The van der Waals surface area contributed by atoms with Crippen molar-refractivity contribution in [2.45, 2.75) is 13.0 Å². The lowest BCUT2D eigenvalue weighted by atomic mass is 9.94. The fraction of sp³-hybridized carbons (Fsp3) is 0.115. The van der Waals surface area contributed by atoms with Crippen molar-refractivity contribution in [3.8, 4) is 17.1 Å². The van der Waals surface area contributed by atoms with E-state index in [1.807, 2.05) is 72.5 Å². The van der Waals surface area contributed by atoms with Gasteiger partial charge >= 0.3 is 0 Å². The molecule has 170 valence electrons. The van der Waals surface area contributed by atoms with Gasteiger partial charge in [0.25, 0.3) is 5.89 Å². The zero-order chi connectivity index (χ0) is 23.7. The van der Waals surface area contributed by atoms with Crippen LogP contribution in [0.25, 0.3) is 17.0 Å². The summed E-state index contributed by atoms with van der Waals surface area (Å²) in [6.45, 7) is 1.94. The number of allylic oxidation sites excluding steroid dienone is 1. The quantitative estimate of drug-likeness (QED) is 0.371. The van der Waals surface area contributed by atoms with E-state index in [1.54, 1.807) is 13.2 Å². The second-order valence-electron chi connectivity index (χ2n) is 7.76. The number of para-hydroxylation sites is 1. The number of halogens is 1. The minimum atomic E-state index is -0.465. The highest BCUT2D eigenvalue weighted by atomic mass is 32.1. The Bertz CT molecular complexity index is 1370. The third-order valence-electron chi connectivity index (χ3n) is 5.69. The Labute approximate surface area is 201 Å². The molecule has 1 aromatic heterocycles. The van der Waals surface area contributed by atoms with E-state index in [4.69, 9.17) is 21.5 Å². The normalized spacial score (nSPS) is 15.9. The summed E-state index contributed by atoms with van der Waals surface area (Å²) in [4.78, 5) is 6.60. The molecule has 0 fully saturated rings. The smallest absolute Gasteiger partial charge is 0.258 e. The molecule has 0 saturated heterocycles. The largest absolute Gasteiger partial charge is 0.497 e. The minimum Gasteiger partial charge on any atom is -0.497 e. The number of hydrogen-bond acceptors (Lipinski definition) is 5. The van der Waals surface area contributed by atoms with Crippen molar-refractivity contribution in [2.24, 2.45) is 0 Å². The van der Waals surface area contributed by atoms with Crippen LogP contribution < -0.4 is 15.0 Å². The lowest BCUT2D eigenvalue weighted by Crippen LogP contribution is -2.46. The molecule has 0 spiro atoms. The van der Waals surface area contributed by atoms with Gasteiger partial charge in [-0.1, -0.05) is 35.5 Å². The van der Waals surface area contributed by atoms with Gasteiger partial charge in [-0.25, -0.2) is 4.39 Å². The third-order valence-corrected chi connectivity index (χ3v) is 5.99. The van der Waals surface area contributed by atoms with Gasteiger partial charge in [0.2, 0.25) is 5.82 Å². The Kier molecular flexibility index (Phi) is 5.81. The van der Waals surface area contributed by atoms with Crippen molar-refractivity contribution in [3.63, 3.8) is 0 Å². The average molecular weight is 473 g/mol. The predicted molar refractivity (Wildman–Crippen MR) is 133 cm³/mol. The Morgan fingerprint density at radius 2 is 1.79 bits per heavy atom. The molecule has 1 aliphatic rings. The molecule has 1 N–H and O–H groups in total. The first-order valence-electron chi connectivity index (χ1n) is 10.7. The van der Waals surface area contributed by atoms with Crippen LogP contribution in [0.2, 0.25) is 0 Å². The van der Waals surface area contributed by atoms with E-state index < -0.39 is 6.04 Å². The number of thiocarbonyl (C=S) groups is 1. The number of anilines is 1. The Balaban J connectivity index is 1.63. The highest BCUT2D eigenvalue weighted by molar-refractivity contribution is 7.80. The molecule has 0 amide bonds. The molecule has 0 bridgehead atoms. The van der Waals surface area contributed by atoms with Crippen LogP contribution in [0.4, 0.5) is 10.1 Å². The SMILES string of the molecule is COc1ccc(-c2noc(C3=C(C)N(c4ccccc4)C(=S)NC3c3cccc(F)c3)n2)cc1. The number of nitrogens with one attached hydrogen (secondary N) is 1. The number of aromatic nitrogens is 2. The molecule has 8 heteroatoms. The van der Waals surface area contributed by atoms with E-state index in [2.05, 4.69) is 15.5 Å². The van der Waals surface area contributed by atoms with E-state index in [0.717, 1.165) is 28.3 Å². The fourth-order valence-corrected chi connectivity index (χ4v) is 4.39. The van der Waals surface area contributed by atoms with Crippen molar-refractivity contribution in [1.29, 1.82) is 0 Å². The highest BCUT2D eigenvalue weighted by Gasteiger charge is 2.34. The van der Waals surface area contributed by atoms with Crippen LogP contribution in [-0.2, 0) is 0 Å². The zero-order valence-electron chi connectivity index (χ0n) is 18.5. The third kappa shape index (κ3) is 4.04. The summed E-state index contributed by atoms with van der Waals surface area (Å²) in [6.07, 6.45) is 0. The zero-order valence-corrected chi connectivity index (χ0v) is 19.3. The summed E-state index contributed by atoms with van der Waals surface area (Å²) in [7, 11) is 1.61. The molecular weight excluding hydrogens is 451 g/mol. The predicted octanol–water partition coefficient (Wildman–Crippen LogP) is 5.75. The monoisotopic (exact) mass is 472 g/mol. The van der Waals surface area contributed by atoms with Crippen LogP contribution >= 0.6 is 12.2 Å². The van der Waals surface area contributed by atoms with E-state index >= 15 is 0 Å². The summed E-state index contributed by atoms with van der Waals surface area (Å²) in [5, 5.41) is 8.04. The molecule has 0 aliphatic carbocycles. The summed E-state index contributed by atoms with van der Waals surface area (Å²) in [5.74, 6) is 1.17. The molecule has 6 nitrogen and oxygen atoms in total. The molecular formula is C26H21FN4O2S. The number of benzene rings is 3. The van der Waals surface area contributed by atoms with Crippen molar-refractivity contribution in [2.75, 3.05) is 12.0 Å². The molecule has 5 rings (SSSR count). The molecule has 0 saturated carbocycles. The van der Waals surface area contributed by atoms with Gasteiger partial charge in [-0.15, -0.1) is 0 Å². The van der Waals surface area contributed by atoms with Gasteiger partial charge in [-0.05, 0) is 73.2 Å². The van der Waals surface area contributed by atoms with E-state index in [1.165, 1.54) is 12.1 Å². The number of methoxy groups -OCH3 is 1. The Morgan fingerprint density at radius 3 is 2.50 bits per heavy atom. The second-order valence-corrected chi connectivity index (χ2v) is 8.15. The molecule has 1 atom stereocenters. The van der Waals surface area contributed by atoms with E-state index in [0.29, 0.717) is 22.4 Å². The van der Waals surface area contributed by atoms with E-state index in [9.17, 15) is 4.39 Å². The standard InChI is InChI=1S/C26H21FN4O2S/c1-16-22(25-29-24(30-33-25)17-11-13-21(32-2)14-12-17)23(18-7-6-8-19(27)15-18)28-26(34)31(16)20-9-4-3-5-10-20/h3-15,23H,1-2H3,(H,28,34). The lowest BCUT2D eigenvalue weighted by molar-refractivity contribution is 0.403. The van der Waals surface area contributed by atoms with Crippen molar-refractivity contribution < 1.29 is 13.7 Å². The Morgan fingerprint density at radius 1 is 1.03 bits per heavy atom. The van der Waals surface area contributed by atoms with Gasteiger partial charge in [-0.3, -0.25) is 4.90 Å². The maximum Gasteiger partial charge on any atom is 0.258 e. The van der Waals surface area contributed by atoms with Gasteiger partial charge in [-0.2, -0.15) is 4.98 Å². The van der Waals surface area contributed by atoms with Crippen LogP contribution in [0.3, 0.4) is 0 Å². The molecule has 34 heavy (non-hydrogen) atoms. The van der Waals surface area contributed by atoms with Crippen molar-refractivity contribution in [1.82, 2.24) is 15.5 Å². The topological polar surface area (TPSA) is 63.4 Å². The summed E-state index contributed by atoms with van der Waals surface area (Å²) >= 11 is 5.71. The van der Waals surface area contributed by atoms with Gasteiger partial charge in [0.05, 0.1) is 18.7 Å². The second kappa shape index (κ2) is 9.07. The van der Waals surface area contributed by atoms with Crippen molar-refractivity contribution in [3.05, 3.63) is 102 Å². The number of hydrogen-bond donors (Lipinski definition) is 1. The maximum absolute atomic E-state index is 14.1. The number of ether oxygens (including phenoxy) is 1.